The molecule has 2 aliphatic rings. The average molecular weight is 596 g/mol. The molecule has 0 aliphatic carbocycles. The first kappa shape index (κ1) is 29.8. The van der Waals surface area contributed by atoms with Crippen LogP contribution in [0.5, 0.6) is 28.7 Å². The van der Waals surface area contributed by atoms with Gasteiger partial charge < -0.3 is 74.4 Å². The minimum absolute atomic E-state index is 0.0895. The van der Waals surface area contributed by atoms with Gasteiger partial charge in [0.1, 0.15) is 59.5 Å². The number of hydrogen-bond acceptors (Lipinski definition) is 16. The van der Waals surface area contributed by atoms with Crippen LogP contribution in [0.2, 0.25) is 0 Å². The Labute approximate surface area is 235 Å². The maximum atomic E-state index is 12.8. The van der Waals surface area contributed by atoms with Gasteiger partial charge in [-0.3, -0.25) is 4.79 Å². The monoisotopic (exact) mass is 596 g/mol. The molecule has 0 bridgehead atoms. The zero-order chi connectivity index (χ0) is 30.5. The van der Waals surface area contributed by atoms with E-state index in [9.17, 15) is 55.9 Å². The predicted octanol–water partition coefficient (Wildman–Crippen LogP) is -2.08. The topological polar surface area (TPSA) is 269 Å². The Bertz CT molecular complexity index is 1510. The lowest BCUT2D eigenvalue weighted by Gasteiger charge is -2.41. The van der Waals surface area contributed by atoms with E-state index < -0.39 is 101 Å². The number of phenols is 4. The smallest absolute Gasteiger partial charge is 0.229 e. The van der Waals surface area contributed by atoms with Crippen LogP contribution in [-0.2, 0) is 14.2 Å². The van der Waals surface area contributed by atoms with Crippen molar-refractivity contribution in [3.05, 3.63) is 40.6 Å². The second kappa shape index (κ2) is 11.5. The molecule has 0 radical (unpaired) electrons. The van der Waals surface area contributed by atoms with Crippen molar-refractivity contribution < 1.29 is 74.4 Å². The van der Waals surface area contributed by atoms with Gasteiger partial charge >= 0.3 is 0 Å². The molecule has 2 aromatic carbocycles. The minimum atomic E-state index is -1.90. The van der Waals surface area contributed by atoms with Gasteiger partial charge in [-0.1, -0.05) is 0 Å². The number of fused-ring (bicyclic) bond motifs is 1. The Morgan fingerprint density at radius 1 is 0.786 bits per heavy atom. The quantitative estimate of drug-likeness (QED) is 0.137. The van der Waals surface area contributed by atoms with E-state index in [1.54, 1.807) is 0 Å². The number of aromatic hydroxyl groups is 4. The average Bonchev–Trinajstić information content (AvgIpc) is 2.96. The Morgan fingerprint density at radius 3 is 2.21 bits per heavy atom. The van der Waals surface area contributed by atoms with Gasteiger partial charge in [-0.25, -0.2) is 0 Å². The van der Waals surface area contributed by atoms with Gasteiger partial charge in [0.2, 0.25) is 12.0 Å². The highest BCUT2D eigenvalue weighted by molar-refractivity contribution is 5.89. The van der Waals surface area contributed by atoms with E-state index >= 15 is 0 Å². The molecule has 0 spiro atoms. The van der Waals surface area contributed by atoms with Gasteiger partial charge in [0, 0.05) is 17.7 Å². The van der Waals surface area contributed by atoms with Crippen LogP contribution in [0.1, 0.15) is 0 Å². The molecule has 0 saturated carbocycles. The Balaban J connectivity index is 1.40. The van der Waals surface area contributed by atoms with Crippen LogP contribution in [0.3, 0.4) is 0 Å². The first-order valence-corrected chi connectivity index (χ1v) is 12.6. The van der Waals surface area contributed by atoms with Crippen LogP contribution in [-0.4, -0.2) is 120 Å². The van der Waals surface area contributed by atoms with Crippen molar-refractivity contribution in [3.63, 3.8) is 0 Å². The van der Waals surface area contributed by atoms with E-state index in [4.69, 9.17) is 23.4 Å². The summed E-state index contributed by atoms with van der Waals surface area (Å²) in [5, 5.41) is 101. The lowest BCUT2D eigenvalue weighted by molar-refractivity contribution is -0.307. The fourth-order valence-electron chi connectivity index (χ4n) is 4.57. The van der Waals surface area contributed by atoms with Crippen LogP contribution in [0.4, 0.5) is 0 Å². The van der Waals surface area contributed by atoms with Crippen LogP contribution in [0, 0.1) is 0 Å². The van der Waals surface area contributed by atoms with Crippen molar-refractivity contribution in [3.8, 4) is 40.1 Å². The van der Waals surface area contributed by atoms with Gasteiger partial charge in [0.05, 0.1) is 13.2 Å². The number of aliphatic hydroxyl groups excluding tert-OH is 6. The summed E-state index contributed by atoms with van der Waals surface area (Å²) in [5.41, 5.74) is -0.905. The third-order valence-electron chi connectivity index (χ3n) is 6.98. The Morgan fingerprint density at radius 2 is 1.50 bits per heavy atom. The molecule has 16 nitrogen and oxygen atoms in total. The molecule has 16 heteroatoms. The van der Waals surface area contributed by atoms with Crippen molar-refractivity contribution in [1.29, 1.82) is 0 Å². The summed E-state index contributed by atoms with van der Waals surface area (Å²) in [5.74, 6) is -3.45. The highest BCUT2D eigenvalue weighted by Gasteiger charge is 2.46. The minimum Gasteiger partial charge on any atom is -0.504 e. The van der Waals surface area contributed by atoms with Gasteiger partial charge in [-0.15, -0.1) is 0 Å². The van der Waals surface area contributed by atoms with Crippen molar-refractivity contribution in [2.24, 2.45) is 0 Å². The van der Waals surface area contributed by atoms with E-state index in [0.717, 1.165) is 24.3 Å². The number of phenolic OH excluding ortho intramolecular Hbond substituents is 4. The second-order valence-corrected chi connectivity index (χ2v) is 9.84. The molecule has 1 aromatic heterocycles. The summed E-state index contributed by atoms with van der Waals surface area (Å²) >= 11 is 0. The summed E-state index contributed by atoms with van der Waals surface area (Å²) in [6, 6.07) is 5.60. The number of benzene rings is 2. The molecule has 3 heterocycles. The maximum absolute atomic E-state index is 12.8. The standard InChI is InChI=1S/C26H28O16/c27-9-2-1-8(3-10(9)28)13-4-11(29)17-14(40-13)5-15(19(32)21(17)34)41-26-24(37)22(35)20(33)16(42-26)7-39-25-23(36)18(31)12(30)6-38-25/h1-5,12,16,18,20,22-28,30-37H,6-7H2/t12-,16?,18+,20-,22+,23?,24?,25+,26-/m1/s1. The summed E-state index contributed by atoms with van der Waals surface area (Å²) < 4.78 is 27.2. The molecule has 228 valence electrons. The molecule has 2 fully saturated rings. The van der Waals surface area contributed by atoms with Gasteiger partial charge in [-0.2, -0.15) is 0 Å². The fraction of sp³-hybridized carbons (Fsp3) is 0.423. The molecule has 0 amide bonds. The molecular formula is C26H28O16. The zero-order valence-electron chi connectivity index (χ0n) is 21.4. The maximum Gasteiger partial charge on any atom is 0.229 e. The highest BCUT2D eigenvalue weighted by Crippen LogP contribution is 2.43. The lowest BCUT2D eigenvalue weighted by Crippen LogP contribution is -2.61. The molecule has 3 unspecified atom stereocenters. The van der Waals surface area contributed by atoms with E-state index in [1.165, 1.54) is 6.07 Å². The number of hydrogen-bond donors (Lipinski definition) is 10. The second-order valence-electron chi connectivity index (χ2n) is 9.84. The summed E-state index contributed by atoms with van der Waals surface area (Å²) in [4.78, 5) is 12.8. The first-order chi connectivity index (χ1) is 19.9. The molecule has 9 atom stereocenters. The van der Waals surface area contributed by atoms with E-state index in [0.29, 0.717) is 0 Å². The molecule has 3 aromatic rings. The number of ether oxygens (including phenoxy) is 4. The van der Waals surface area contributed by atoms with Crippen molar-refractivity contribution in [2.75, 3.05) is 13.2 Å². The molecule has 10 N–H and O–H groups in total. The predicted molar refractivity (Wildman–Crippen MR) is 136 cm³/mol. The third-order valence-corrected chi connectivity index (χ3v) is 6.98. The van der Waals surface area contributed by atoms with Crippen LogP contribution in [0.25, 0.3) is 22.3 Å². The van der Waals surface area contributed by atoms with Crippen molar-refractivity contribution >= 4 is 11.0 Å². The molecule has 2 saturated heterocycles. The van der Waals surface area contributed by atoms with Gasteiger partial charge in [0.25, 0.3) is 0 Å². The summed E-state index contributed by atoms with van der Waals surface area (Å²) in [7, 11) is 0. The normalized spacial score (nSPS) is 31.7. The van der Waals surface area contributed by atoms with Crippen LogP contribution in [0.15, 0.2) is 39.5 Å². The van der Waals surface area contributed by atoms with Gasteiger partial charge in [-0.05, 0) is 18.2 Å². The molecule has 42 heavy (non-hydrogen) atoms. The van der Waals surface area contributed by atoms with Crippen LogP contribution < -0.4 is 10.2 Å². The van der Waals surface area contributed by atoms with E-state index in [2.05, 4.69) is 0 Å². The molecule has 5 rings (SSSR count). The molecule has 2 aliphatic heterocycles. The Kier molecular flexibility index (Phi) is 8.17. The first-order valence-electron chi connectivity index (χ1n) is 12.6. The largest absolute Gasteiger partial charge is 0.504 e. The summed E-state index contributed by atoms with van der Waals surface area (Å²) in [6.07, 6.45) is -14.7. The lowest BCUT2D eigenvalue weighted by atomic mass is 9.99. The number of rotatable bonds is 6. The molecular weight excluding hydrogens is 568 g/mol. The Hall–Kier alpha value is -3.71. The third kappa shape index (κ3) is 5.42. The van der Waals surface area contributed by atoms with Crippen molar-refractivity contribution in [2.45, 2.75) is 55.3 Å². The van der Waals surface area contributed by atoms with Gasteiger partial charge in [0.15, 0.2) is 34.7 Å². The summed E-state index contributed by atoms with van der Waals surface area (Å²) in [6.45, 7) is -0.928. The number of aliphatic hydroxyl groups is 6. The van der Waals surface area contributed by atoms with Crippen molar-refractivity contribution in [1.82, 2.24) is 0 Å². The van der Waals surface area contributed by atoms with E-state index in [-0.39, 0.29) is 23.5 Å². The van der Waals surface area contributed by atoms with Crippen LogP contribution >= 0.6 is 0 Å². The zero-order valence-corrected chi connectivity index (χ0v) is 21.4. The highest BCUT2D eigenvalue weighted by atomic mass is 16.7. The SMILES string of the molecule is O=c1cc(-c2ccc(O)c(O)c2)oc2cc(O[C@@H]3OC(CO[C@@H]4OC[C@@H](O)[C@H](O)C4O)[C@@H](O)[C@H](O)C3O)c(O)c(O)c12. The van der Waals surface area contributed by atoms with E-state index in [1.807, 2.05) is 0 Å². The fourth-order valence-corrected chi connectivity index (χ4v) is 4.57.